The zero-order valence-electron chi connectivity index (χ0n) is 23.0. The molecule has 0 atom stereocenters. The van der Waals surface area contributed by atoms with E-state index in [0.717, 1.165) is 33.3 Å². The van der Waals surface area contributed by atoms with Crippen LogP contribution in [0.2, 0.25) is 0 Å². The number of rotatable bonds is 2. The summed E-state index contributed by atoms with van der Waals surface area (Å²) in [5.74, 6) is 0. The monoisotopic (exact) mass is 549 g/mol. The molecule has 0 radical (unpaired) electrons. The fourth-order valence-electron chi connectivity index (χ4n) is 7.30. The molecule has 5 heterocycles. The lowest BCUT2D eigenvalue weighted by Gasteiger charge is -2.13. The Morgan fingerprint density at radius 3 is 1.91 bits per heavy atom. The number of imidazole rings is 1. The van der Waals surface area contributed by atoms with E-state index in [1.54, 1.807) is 0 Å². The SMILES string of the molecule is c1ccc(-n2c3ccccc3c3c4c5ccc6c(c7ccncc7n7ccnc67)c5n(-c5ccccc5)c4ccc32)cc1. The maximum absolute atomic E-state index is 4.81. The van der Waals surface area contributed by atoms with Crippen LogP contribution in [-0.4, -0.2) is 23.5 Å². The highest BCUT2D eigenvalue weighted by Crippen LogP contribution is 2.45. The Labute approximate surface area is 245 Å². The lowest BCUT2D eigenvalue weighted by atomic mass is 10.0. The molecule has 0 unspecified atom stereocenters. The Morgan fingerprint density at radius 2 is 1.09 bits per heavy atom. The van der Waals surface area contributed by atoms with Crippen molar-refractivity contribution in [2.75, 3.05) is 0 Å². The third-order valence-electron chi connectivity index (χ3n) is 8.97. The summed E-state index contributed by atoms with van der Waals surface area (Å²) in [7, 11) is 0. The number of hydrogen-bond donors (Lipinski definition) is 0. The predicted molar refractivity (Wildman–Crippen MR) is 177 cm³/mol. The molecule has 5 heteroatoms. The Balaban J connectivity index is 1.52. The Morgan fingerprint density at radius 1 is 0.442 bits per heavy atom. The van der Waals surface area contributed by atoms with Gasteiger partial charge in [-0.3, -0.25) is 9.38 Å². The molecule has 0 bridgehead atoms. The van der Waals surface area contributed by atoms with Crippen molar-refractivity contribution in [2.24, 2.45) is 0 Å². The highest BCUT2D eigenvalue weighted by Gasteiger charge is 2.23. The first-order valence-corrected chi connectivity index (χ1v) is 14.5. The molecule has 5 aromatic heterocycles. The smallest absolute Gasteiger partial charge is 0.145 e. The van der Waals surface area contributed by atoms with Gasteiger partial charge in [-0.25, -0.2) is 4.98 Å². The Bertz CT molecular complexity index is 2710. The lowest BCUT2D eigenvalue weighted by molar-refractivity contribution is 1.17. The number of aromatic nitrogens is 5. The van der Waals surface area contributed by atoms with Gasteiger partial charge in [0.1, 0.15) is 5.65 Å². The molecule has 0 aliphatic carbocycles. The molecular weight excluding hydrogens is 526 g/mol. The fraction of sp³-hybridized carbons (Fsp3) is 0. The van der Waals surface area contributed by atoms with Crippen LogP contribution in [0.4, 0.5) is 0 Å². The number of benzene rings is 5. The molecule has 200 valence electrons. The van der Waals surface area contributed by atoms with Gasteiger partial charge in [0.05, 0.1) is 33.8 Å². The van der Waals surface area contributed by atoms with E-state index >= 15 is 0 Å². The minimum absolute atomic E-state index is 0.938. The van der Waals surface area contributed by atoms with Gasteiger partial charge in [-0.1, -0.05) is 60.7 Å². The molecule has 0 aliphatic rings. The molecule has 5 nitrogen and oxygen atoms in total. The van der Waals surface area contributed by atoms with E-state index in [-0.39, 0.29) is 0 Å². The third-order valence-corrected chi connectivity index (χ3v) is 8.97. The number of para-hydroxylation sites is 3. The van der Waals surface area contributed by atoms with Crippen molar-refractivity contribution in [3.05, 3.63) is 140 Å². The minimum Gasteiger partial charge on any atom is -0.309 e. The van der Waals surface area contributed by atoms with Crippen molar-refractivity contribution >= 4 is 70.9 Å². The van der Waals surface area contributed by atoms with Gasteiger partial charge in [0, 0.05) is 67.7 Å². The highest BCUT2D eigenvalue weighted by molar-refractivity contribution is 6.34. The molecule has 0 spiro atoms. The second-order valence-electron chi connectivity index (χ2n) is 11.1. The van der Waals surface area contributed by atoms with Crippen LogP contribution >= 0.6 is 0 Å². The van der Waals surface area contributed by atoms with E-state index in [2.05, 4.69) is 134 Å². The lowest BCUT2D eigenvalue weighted by Crippen LogP contribution is -1.97. The maximum Gasteiger partial charge on any atom is 0.145 e. The average molecular weight is 550 g/mol. The molecule has 10 aromatic rings. The summed E-state index contributed by atoms with van der Waals surface area (Å²) in [5, 5.41) is 8.47. The van der Waals surface area contributed by atoms with E-state index < -0.39 is 0 Å². The molecule has 0 aliphatic heterocycles. The molecule has 43 heavy (non-hydrogen) atoms. The average Bonchev–Trinajstić information content (AvgIpc) is 3.78. The quantitative estimate of drug-likeness (QED) is 0.202. The van der Waals surface area contributed by atoms with Gasteiger partial charge >= 0.3 is 0 Å². The summed E-state index contributed by atoms with van der Waals surface area (Å²) in [4.78, 5) is 9.31. The van der Waals surface area contributed by atoms with Crippen LogP contribution in [0.3, 0.4) is 0 Å². The summed E-state index contributed by atoms with van der Waals surface area (Å²) >= 11 is 0. The maximum atomic E-state index is 4.81. The van der Waals surface area contributed by atoms with Gasteiger partial charge in [0.25, 0.3) is 0 Å². The highest BCUT2D eigenvalue weighted by atomic mass is 15.0. The van der Waals surface area contributed by atoms with Crippen molar-refractivity contribution in [1.29, 1.82) is 0 Å². The van der Waals surface area contributed by atoms with Crippen LogP contribution in [0.5, 0.6) is 0 Å². The Kier molecular flexibility index (Phi) is 4.39. The second-order valence-corrected chi connectivity index (χ2v) is 11.1. The van der Waals surface area contributed by atoms with Crippen LogP contribution in [0.25, 0.3) is 82.3 Å². The third kappa shape index (κ3) is 2.90. The molecule has 0 N–H and O–H groups in total. The van der Waals surface area contributed by atoms with Gasteiger partial charge in [0.15, 0.2) is 0 Å². The van der Waals surface area contributed by atoms with E-state index in [1.165, 1.54) is 49.0 Å². The predicted octanol–water partition coefficient (Wildman–Crippen LogP) is 9.23. The molecule has 0 saturated heterocycles. The van der Waals surface area contributed by atoms with Gasteiger partial charge in [-0.2, -0.15) is 0 Å². The zero-order chi connectivity index (χ0) is 28.1. The van der Waals surface area contributed by atoms with Crippen molar-refractivity contribution < 1.29 is 0 Å². The first-order chi connectivity index (χ1) is 21.4. The number of pyridine rings is 2. The number of nitrogens with zero attached hydrogens (tertiary/aromatic N) is 5. The number of fused-ring (bicyclic) bond motifs is 14. The van der Waals surface area contributed by atoms with Gasteiger partial charge < -0.3 is 9.13 Å². The van der Waals surface area contributed by atoms with E-state index in [4.69, 9.17) is 4.98 Å². The van der Waals surface area contributed by atoms with Gasteiger partial charge in [-0.15, -0.1) is 0 Å². The summed E-state index contributed by atoms with van der Waals surface area (Å²) in [5.41, 5.74) is 9.04. The second kappa shape index (κ2) is 8.30. The van der Waals surface area contributed by atoms with Crippen LogP contribution in [0.1, 0.15) is 0 Å². The summed E-state index contributed by atoms with van der Waals surface area (Å²) < 4.78 is 6.99. The zero-order valence-corrected chi connectivity index (χ0v) is 23.0. The topological polar surface area (TPSA) is 40.1 Å². The van der Waals surface area contributed by atoms with Crippen LogP contribution in [-0.2, 0) is 0 Å². The van der Waals surface area contributed by atoms with Crippen LogP contribution in [0.15, 0.2) is 140 Å². The first kappa shape index (κ1) is 22.7. The first-order valence-electron chi connectivity index (χ1n) is 14.5. The molecule has 0 fully saturated rings. The molecular formula is C38H23N5. The molecule has 0 saturated carbocycles. The Hall–Kier alpha value is -5.94. The van der Waals surface area contributed by atoms with Crippen molar-refractivity contribution in [1.82, 2.24) is 23.5 Å². The molecule has 0 amide bonds. The van der Waals surface area contributed by atoms with E-state index in [1.807, 2.05) is 24.8 Å². The fourth-order valence-corrected chi connectivity index (χ4v) is 7.30. The molecule has 5 aromatic carbocycles. The van der Waals surface area contributed by atoms with Crippen molar-refractivity contribution in [2.45, 2.75) is 0 Å². The van der Waals surface area contributed by atoms with Crippen molar-refractivity contribution in [3.63, 3.8) is 0 Å². The van der Waals surface area contributed by atoms with Gasteiger partial charge in [0.2, 0.25) is 0 Å². The number of hydrogen-bond acceptors (Lipinski definition) is 2. The minimum atomic E-state index is 0.938. The van der Waals surface area contributed by atoms with Crippen LogP contribution < -0.4 is 0 Å². The van der Waals surface area contributed by atoms with Crippen molar-refractivity contribution in [3.8, 4) is 11.4 Å². The normalized spacial score (nSPS) is 12.2. The standard InChI is InChI=1S/C38H23N5/c1-3-9-24(10-4-1)42-30-14-8-7-13-26(30)35-31(42)17-18-32-36(35)28-15-16-29-34(37(28)43(32)25-11-5-2-6-12-25)27-19-20-39-23-33(27)41-22-21-40-38(29)41/h1-23H. The summed E-state index contributed by atoms with van der Waals surface area (Å²) in [6.45, 7) is 0. The van der Waals surface area contributed by atoms with E-state index in [9.17, 15) is 0 Å². The summed E-state index contributed by atoms with van der Waals surface area (Å²) in [6, 6.07) is 41.4. The van der Waals surface area contributed by atoms with Gasteiger partial charge in [-0.05, 0) is 54.6 Å². The summed E-state index contributed by atoms with van der Waals surface area (Å²) in [6.07, 6.45) is 7.74. The van der Waals surface area contributed by atoms with Crippen LogP contribution in [0, 0.1) is 0 Å². The van der Waals surface area contributed by atoms with E-state index in [0.29, 0.717) is 0 Å². The molecule has 10 rings (SSSR count). The largest absolute Gasteiger partial charge is 0.309 e.